The fourth-order valence-corrected chi connectivity index (χ4v) is 2.52. The average molecular weight is 570 g/mol. The number of hydrogen-bond acceptors (Lipinski definition) is 1. The van der Waals surface area contributed by atoms with Gasteiger partial charge in [0.1, 0.15) is 0 Å². The molecule has 0 bridgehead atoms. The molecule has 20 heteroatoms. The molecule has 0 aromatic heterocycles. The van der Waals surface area contributed by atoms with Crippen LogP contribution in [0.2, 0.25) is 0 Å². The van der Waals surface area contributed by atoms with Gasteiger partial charge in [0.2, 0.25) is 0 Å². The molecule has 35 heavy (non-hydrogen) atoms. The minimum absolute atomic E-state index is 0.166. The van der Waals surface area contributed by atoms with Gasteiger partial charge in [-0.05, 0) is 12.8 Å². The van der Waals surface area contributed by atoms with Gasteiger partial charge in [0.15, 0.2) is 0 Å². The number of halogens is 19. The van der Waals surface area contributed by atoms with E-state index in [1.54, 1.807) is 0 Å². The summed E-state index contributed by atoms with van der Waals surface area (Å²) in [6.07, 6.45) is -21.3. The van der Waals surface area contributed by atoms with E-state index in [1.165, 1.54) is 0 Å². The Kier molecular flexibility index (Phi) is 9.13. The first-order chi connectivity index (χ1) is 15.1. The van der Waals surface area contributed by atoms with Crippen molar-refractivity contribution in [2.24, 2.45) is 0 Å². The highest BCUT2D eigenvalue weighted by atomic mass is 19.4. The Morgan fingerprint density at radius 2 is 0.686 bits per heavy atom. The van der Waals surface area contributed by atoms with Crippen molar-refractivity contribution in [3.8, 4) is 0 Å². The summed E-state index contributed by atoms with van der Waals surface area (Å²) in [7, 11) is 0. The normalized spacial score (nSPS) is 16.1. The highest BCUT2D eigenvalue weighted by Crippen LogP contribution is 2.66. The van der Waals surface area contributed by atoms with E-state index < -0.39 is 79.4 Å². The first-order valence-electron chi connectivity index (χ1n) is 8.76. The van der Waals surface area contributed by atoms with Crippen LogP contribution in [0.25, 0.3) is 0 Å². The fraction of sp³-hybridized carbons (Fsp3) is 1.00. The second-order valence-electron chi connectivity index (χ2n) is 7.12. The molecule has 0 saturated carbocycles. The predicted octanol–water partition coefficient (Wildman–Crippen LogP) is 7.57. The van der Waals surface area contributed by atoms with Gasteiger partial charge in [-0.1, -0.05) is 12.8 Å². The molecule has 0 radical (unpaired) electrons. The molecule has 0 spiro atoms. The molecule has 0 heterocycles. The summed E-state index contributed by atoms with van der Waals surface area (Å²) in [6, 6.07) is 0. The summed E-state index contributed by atoms with van der Waals surface area (Å²) in [4.78, 5) is 0. The SMILES string of the molecule is OCCCCCCC(F)(F)C(F)(F)C(F)(F)C(F)(F)C(F)(F)C(F)(F)C(F)(C(F)(F)F)C(F)(F)F. The van der Waals surface area contributed by atoms with Crippen molar-refractivity contribution in [2.45, 2.75) is 85.7 Å². The molecule has 1 nitrogen and oxygen atoms in total. The van der Waals surface area contributed by atoms with E-state index in [9.17, 15) is 83.4 Å². The van der Waals surface area contributed by atoms with Crippen molar-refractivity contribution in [2.75, 3.05) is 6.61 Å². The molecule has 0 aliphatic rings. The van der Waals surface area contributed by atoms with Crippen LogP contribution in [0.3, 0.4) is 0 Å². The molecular weight excluding hydrogens is 557 g/mol. The Balaban J connectivity index is 6.63. The fourth-order valence-electron chi connectivity index (χ4n) is 2.52. The first kappa shape index (κ1) is 33.6. The van der Waals surface area contributed by atoms with E-state index in [4.69, 9.17) is 5.11 Å². The van der Waals surface area contributed by atoms with E-state index in [2.05, 4.69) is 0 Å². The predicted molar refractivity (Wildman–Crippen MR) is 75.8 cm³/mol. The molecule has 1 N–H and O–H groups in total. The van der Waals surface area contributed by atoms with Gasteiger partial charge in [-0.25, -0.2) is 4.39 Å². The Labute approximate surface area is 182 Å². The Bertz CT molecular complexity index is 690. The Morgan fingerprint density at radius 1 is 0.371 bits per heavy atom. The number of rotatable bonds is 12. The molecule has 0 fully saturated rings. The van der Waals surface area contributed by atoms with E-state index in [0.29, 0.717) is 0 Å². The van der Waals surface area contributed by atoms with Crippen LogP contribution in [-0.2, 0) is 0 Å². The van der Waals surface area contributed by atoms with E-state index in [1.807, 2.05) is 0 Å². The number of aliphatic hydroxyl groups is 1. The maximum Gasteiger partial charge on any atom is 0.438 e. The van der Waals surface area contributed by atoms with Crippen LogP contribution >= 0.6 is 0 Å². The largest absolute Gasteiger partial charge is 0.438 e. The van der Waals surface area contributed by atoms with E-state index in [0.717, 1.165) is 0 Å². The van der Waals surface area contributed by atoms with E-state index >= 15 is 0 Å². The minimum atomic E-state index is -8.99. The zero-order valence-electron chi connectivity index (χ0n) is 16.4. The summed E-state index contributed by atoms with van der Waals surface area (Å²) in [5, 5.41) is 8.40. The number of unbranched alkanes of at least 4 members (excludes halogenated alkanes) is 3. The zero-order valence-corrected chi connectivity index (χ0v) is 16.4. The maximum atomic E-state index is 13.6. The van der Waals surface area contributed by atoms with Gasteiger partial charge < -0.3 is 5.11 Å². The van der Waals surface area contributed by atoms with Gasteiger partial charge in [0, 0.05) is 13.0 Å². The van der Waals surface area contributed by atoms with Crippen molar-refractivity contribution < 1.29 is 88.5 Å². The number of aliphatic hydroxyl groups excluding tert-OH is 1. The first-order valence-corrected chi connectivity index (χ1v) is 8.76. The Morgan fingerprint density at radius 3 is 1.03 bits per heavy atom. The molecule has 0 saturated heterocycles. The quantitative estimate of drug-likeness (QED) is 0.190. The highest BCUT2D eigenvalue weighted by Gasteiger charge is 2.98. The van der Waals surface area contributed by atoms with Gasteiger partial charge >= 0.3 is 53.6 Å². The molecule has 0 aromatic rings. The molecule has 0 amide bonds. The van der Waals surface area contributed by atoms with Crippen molar-refractivity contribution >= 4 is 0 Å². The maximum absolute atomic E-state index is 13.6. The third kappa shape index (κ3) is 4.95. The standard InChI is InChI=1S/C15H13F19O/c16-7(17,5-3-1-2-4-6-35)9(19,20)11(23,24)13(27,28)12(25,26)10(21,22)8(18,14(29,30)31)15(32,33)34/h35H,1-6H2. The van der Waals surface area contributed by atoms with Crippen LogP contribution in [0.1, 0.15) is 32.1 Å². The van der Waals surface area contributed by atoms with Gasteiger partial charge in [-0.15, -0.1) is 0 Å². The highest BCUT2D eigenvalue weighted by molar-refractivity contribution is 5.19. The summed E-state index contributed by atoms with van der Waals surface area (Å²) in [5.41, 5.74) is -8.72. The van der Waals surface area contributed by atoms with Crippen LogP contribution in [0, 0.1) is 0 Å². The molecule has 0 aliphatic heterocycles. The third-order valence-electron chi connectivity index (χ3n) is 4.65. The lowest BCUT2D eigenvalue weighted by molar-refractivity contribution is -0.472. The van der Waals surface area contributed by atoms with Gasteiger partial charge in [-0.2, -0.15) is 79.0 Å². The van der Waals surface area contributed by atoms with Crippen LogP contribution in [0.4, 0.5) is 83.4 Å². The molecule has 0 aromatic carbocycles. The van der Waals surface area contributed by atoms with Gasteiger partial charge in [0.05, 0.1) is 0 Å². The second-order valence-corrected chi connectivity index (χ2v) is 7.12. The van der Waals surface area contributed by atoms with Gasteiger partial charge in [-0.3, -0.25) is 0 Å². The number of alkyl halides is 19. The smallest absolute Gasteiger partial charge is 0.396 e. The summed E-state index contributed by atoms with van der Waals surface area (Å²) >= 11 is 0. The van der Waals surface area contributed by atoms with Crippen LogP contribution < -0.4 is 0 Å². The molecular formula is C15H13F19O. The summed E-state index contributed by atoms with van der Waals surface area (Å²) < 4.78 is 250. The minimum Gasteiger partial charge on any atom is -0.396 e. The van der Waals surface area contributed by atoms with Crippen LogP contribution in [-0.4, -0.2) is 65.3 Å². The Hall–Kier alpha value is -1.37. The molecule has 0 rings (SSSR count). The zero-order chi connectivity index (χ0) is 28.7. The van der Waals surface area contributed by atoms with Crippen LogP contribution in [0.15, 0.2) is 0 Å². The van der Waals surface area contributed by atoms with Gasteiger partial charge in [0.25, 0.3) is 0 Å². The lowest BCUT2D eigenvalue weighted by Gasteiger charge is -2.45. The molecule has 212 valence electrons. The van der Waals surface area contributed by atoms with Crippen molar-refractivity contribution in [1.29, 1.82) is 0 Å². The lowest BCUT2D eigenvalue weighted by atomic mass is 9.83. The topological polar surface area (TPSA) is 20.2 Å². The average Bonchev–Trinajstić information content (AvgIpc) is 2.64. The second kappa shape index (κ2) is 9.50. The number of hydrogen-bond donors (Lipinski definition) is 1. The molecule has 0 unspecified atom stereocenters. The monoisotopic (exact) mass is 570 g/mol. The van der Waals surface area contributed by atoms with E-state index in [-0.39, 0.29) is 12.8 Å². The van der Waals surface area contributed by atoms with Crippen molar-refractivity contribution in [3.05, 3.63) is 0 Å². The van der Waals surface area contributed by atoms with Crippen molar-refractivity contribution in [1.82, 2.24) is 0 Å². The molecule has 0 aliphatic carbocycles. The van der Waals surface area contributed by atoms with Crippen molar-refractivity contribution in [3.63, 3.8) is 0 Å². The summed E-state index contributed by atoms with van der Waals surface area (Å²) in [5.74, 6) is -49.5. The lowest BCUT2D eigenvalue weighted by Crippen LogP contribution is -2.77. The third-order valence-corrected chi connectivity index (χ3v) is 4.65. The molecule has 0 atom stereocenters. The van der Waals surface area contributed by atoms with Crippen LogP contribution in [0.5, 0.6) is 0 Å². The summed E-state index contributed by atoms with van der Waals surface area (Å²) in [6.45, 7) is -0.577.